The van der Waals surface area contributed by atoms with Gasteiger partial charge in [0.05, 0.1) is 11.2 Å². The van der Waals surface area contributed by atoms with Crippen molar-refractivity contribution in [2.45, 2.75) is 49.6 Å². The van der Waals surface area contributed by atoms with Crippen molar-refractivity contribution in [1.29, 1.82) is 0 Å². The van der Waals surface area contributed by atoms with Crippen LogP contribution in [-0.2, 0) is 14.3 Å². The van der Waals surface area contributed by atoms with E-state index in [1.54, 1.807) is 30.3 Å². The lowest BCUT2D eigenvalue weighted by Crippen LogP contribution is -2.31. The van der Waals surface area contributed by atoms with E-state index in [2.05, 4.69) is 4.98 Å². The highest BCUT2D eigenvalue weighted by Crippen LogP contribution is 2.35. The van der Waals surface area contributed by atoms with Crippen LogP contribution in [0.5, 0.6) is 5.75 Å². The maximum absolute atomic E-state index is 13.4. The third-order valence-electron chi connectivity index (χ3n) is 5.53. The van der Waals surface area contributed by atoms with Crippen molar-refractivity contribution in [3.05, 3.63) is 65.8 Å². The zero-order chi connectivity index (χ0) is 22.7. The minimum atomic E-state index is -4.16. The molecule has 3 aromatic rings. The number of nitrogens with zero attached hydrogens (tertiary/aromatic N) is 1. The van der Waals surface area contributed by atoms with Gasteiger partial charge in [-0.05, 0) is 44.0 Å². The molecule has 1 fully saturated rings. The molecule has 0 saturated heterocycles. The molecule has 2 N–H and O–H groups in total. The number of benzene rings is 2. The molecule has 1 atom stereocenters. The van der Waals surface area contributed by atoms with Crippen molar-refractivity contribution >= 4 is 21.2 Å². The van der Waals surface area contributed by atoms with E-state index in [1.165, 1.54) is 25.0 Å². The first kappa shape index (κ1) is 22.4. The highest BCUT2D eigenvalue weighted by molar-refractivity contribution is 7.86. The van der Waals surface area contributed by atoms with Crippen molar-refractivity contribution in [2.24, 2.45) is 5.73 Å². The fraction of sp³-hybridized carbons (Fsp3) is 0.348. The first-order valence-electron chi connectivity index (χ1n) is 10.4. The quantitative estimate of drug-likeness (QED) is 0.383. The highest BCUT2D eigenvalue weighted by atomic mass is 32.2. The van der Waals surface area contributed by atoms with E-state index < -0.39 is 16.3 Å². The van der Waals surface area contributed by atoms with Crippen LogP contribution in [0.2, 0.25) is 0 Å². The van der Waals surface area contributed by atoms with Crippen LogP contribution in [0.4, 0.5) is 4.39 Å². The molecule has 1 aliphatic carbocycles. The number of hydrogen-bond acceptors (Lipinski definition) is 7. The fourth-order valence-corrected chi connectivity index (χ4v) is 4.64. The van der Waals surface area contributed by atoms with Crippen molar-refractivity contribution in [2.75, 3.05) is 6.61 Å². The average molecular weight is 461 g/mol. The maximum Gasteiger partial charge on any atom is 0.298 e. The van der Waals surface area contributed by atoms with Gasteiger partial charge in [-0.1, -0.05) is 30.5 Å². The minimum Gasteiger partial charge on any atom is -0.489 e. The van der Waals surface area contributed by atoms with Gasteiger partial charge in [-0.15, -0.1) is 0 Å². The Kier molecular flexibility index (Phi) is 6.59. The SMILES string of the molecule is Cc1ccc(S(=O)(=O)OC(N)C(=CF)COc2ccc3nc(C4CCCC4)oc3c2)cc1. The summed E-state index contributed by atoms with van der Waals surface area (Å²) in [6.45, 7) is 1.53. The van der Waals surface area contributed by atoms with E-state index >= 15 is 0 Å². The Labute approximate surface area is 186 Å². The molecule has 0 radical (unpaired) electrons. The second-order valence-electron chi connectivity index (χ2n) is 7.92. The smallest absolute Gasteiger partial charge is 0.298 e. The lowest BCUT2D eigenvalue weighted by Gasteiger charge is -2.16. The van der Waals surface area contributed by atoms with Crippen molar-refractivity contribution in [3.8, 4) is 5.75 Å². The van der Waals surface area contributed by atoms with E-state index in [1.807, 2.05) is 6.92 Å². The Morgan fingerprint density at radius 2 is 1.97 bits per heavy atom. The number of aryl methyl sites for hydroxylation is 1. The standard InChI is InChI=1S/C23H25FN2O5S/c1-15-6-9-19(10-7-15)32(27,28)31-22(25)17(13-24)14-29-18-8-11-20-21(12-18)30-23(26-20)16-4-2-3-5-16/h6-13,16,22H,2-5,14,25H2,1H3. The van der Waals surface area contributed by atoms with Crippen LogP contribution in [0.15, 0.2) is 63.7 Å². The van der Waals surface area contributed by atoms with Gasteiger partial charge in [0.1, 0.15) is 17.9 Å². The van der Waals surface area contributed by atoms with Gasteiger partial charge in [0.15, 0.2) is 17.7 Å². The van der Waals surface area contributed by atoms with Gasteiger partial charge in [0, 0.05) is 17.6 Å². The number of fused-ring (bicyclic) bond motifs is 1. The molecule has 9 heteroatoms. The molecule has 0 spiro atoms. The van der Waals surface area contributed by atoms with Gasteiger partial charge in [-0.3, -0.25) is 0 Å². The summed E-state index contributed by atoms with van der Waals surface area (Å²) >= 11 is 0. The Morgan fingerprint density at radius 3 is 2.66 bits per heavy atom. The molecule has 4 rings (SSSR count). The van der Waals surface area contributed by atoms with E-state index in [0.717, 1.165) is 29.8 Å². The molecular weight excluding hydrogens is 435 g/mol. The molecular formula is C23H25FN2O5S. The molecule has 0 bridgehead atoms. The van der Waals surface area contributed by atoms with E-state index in [4.69, 9.17) is 19.1 Å². The summed E-state index contributed by atoms with van der Waals surface area (Å²) in [5.41, 5.74) is 7.83. The molecule has 1 heterocycles. The Hall–Kier alpha value is -2.75. The predicted octanol–water partition coefficient (Wildman–Crippen LogP) is 4.72. The molecule has 1 aromatic heterocycles. The Bertz CT molecular complexity index is 1210. The average Bonchev–Trinajstić information content (AvgIpc) is 3.43. The molecule has 1 unspecified atom stereocenters. The summed E-state index contributed by atoms with van der Waals surface area (Å²) in [5.74, 6) is 1.49. The van der Waals surface area contributed by atoms with Crippen LogP contribution in [-0.4, -0.2) is 26.2 Å². The van der Waals surface area contributed by atoms with Gasteiger partial charge in [0.25, 0.3) is 10.1 Å². The third kappa shape index (κ3) is 5.01. The maximum atomic E-state index is 13.4. The molecule has 0 aliphatic heterocycles. The largest absolute Gasteiger partial charge is 0.489 e. The number of aromatic nitrogens is 1. The van der Waals surface area contributed by atoms with Crippen LogP contribution < -0.4 is 10.5 Å². The lowest BCUT2D eigenvalue weighted by molar-refractivity contribution is 0.224. The van der Waals surface area contributed by atoms with Crippen LogP contribution in [0.1, 0.15) is 43.1 Å². The van der Waals surface area contributed by atoms with Gasteiger partial charge in [-0.2, -0.15) is 8.42 Å². The molecule has 1 aliphatic rings. The molecule has 7 nitrogen and oxygen atoms in total. The topological polar surface area (TPSA) is 105 Å². The highest BCUT2D eigenvalue weighted by Gasteiger charge is 2.24. The van der Waals surface area contributed by atoms with Crippen molar-refractivity contribution < 1.29 is 26.1 Å². The van der Waals surface area contributed by atoms with Gasteiger partial charge in [0.2, 0.25) is 0 Å². The van der Waals surface area contributed by atoms with Crippen LogP contribution in [0.25, 0.3) is 11.1 Å². The first-order chi connectivity index (χ1) is 15.4. The Balaban J connectivity index is 1.41. The fourth-order valence-electron chi connectivity index (χ4n) is 3.66. The zero-order valence-electron chi connectivity index (χ0n) is 17.7. The molecule has 32 heavy (non-hydrogen) atoms. The van der Waals surface area contributed by atoms with Crippen LogP contribution in [0, 0.1) is 6.92 Å². The number of ether oxygens (including phenoxy) is 1. The summed E-state index contributed by atoms with van der Waals surface area (Å²) < 4.78 is 54.7. The van der Waals surface area contributed by atoms with Crippen LogP contribution in [0.3, 0.4) is 0 Å². The summed E-state index contributed by atoms with van der Waals surface area (Å²) in [6.07, 6.45) is 3.17. The first-order valence-corrected chi connectivity index (χ1v) is 11.8. The van der Waals surface area contributed by atoms with Crippen molar-refractivity contribution in [3.63, 3.8) is 0 Å². The predicted molar refractivity (Wildman–Crippen MR) is 117 cm³/mol. The minimum absolute atomic E-state index is 0.0634. The van der Waals surface area contributed by atoms with Gasteiger partial charge in [-0.25, -0.2) is 13.6 Å². The monoisotopic (exact) mass is 460 g/mol. The summed E-state index contributed by atoms with van der Waals surface area (Å²) in [4.78, 5) is 4.49. The van der Waals surface area contributed by atoms with Crippen molar-refractivity contribution in [1.82, 2.24) is 4.98 Å². The molecule has 170 valence electrons. The normalized spacial score (nSPS) is 16.5. The number of halogens is 1. The molecule has 1 saturated carbocycles. The summed E-state index contributed by atoms with van der Waals surface area (Å²) in [7, 11) is -4.16. The van der Waals surface area contributed by atoms with E-state index in [-0.39, 0.29) is 23.4 Å². The Morgan fingerprint density at radius 1 is 1.25 bits per heavy atom. The van der Waals surface area contributed by atoms with E-state index in [0.29, 0.717) is 17.3 Å². The number of rotatable bonds is 8. The van der Waals surface area contributed by atoms with Gasteiger partial charge < -0.3 is 14.9 Å². The number of oxazole rings is 1. The van der Waals surface area contributed by atoms with E-state index in [9.17, 15) is 12.8 Å². The second kappa shape index (κ2) is 9.40. The molecule has 0 amide bonds. The summed E-state index contributed by atoms with van der Waals surface area (Å²) in [6, 6.07) is 11.2. The van der Waals surface area contributed by atoms with Crippen LogP contribution >= 0.6 is 0 Å². The summed E-state index contributed by atoms with van der Waals surface area (Å²) in [5, 5.41) is 0. The van der Waals surface area contributed by atoms with Gasteiger partial charge >= 0.3 is 0 Å². The zero-order valence-corrected chi connectivity index (χ0v) is 18.5. The number of hydrogen-bond donors (Lipinski definition) is 1. The molecule has 2 aromatic carbocycles. The second-order valence-corrected chi connectivity index (χ2v) is 9.49. The number of nitrogens with two attached hydrogens (primary N) is 1. The lowest BCUT2D eigenvalue weighted by atomic mass is 10.1. The third-order valence-corrected chi connectivity index (χ3v) is 6.84.